The molecule has 2 aromatic rings. The Morgan fingerprint density at radius 3 is 2.75 bits per heavy atom. The number of carbonyl (C=O) groups excluding carboxylic acids is 1. The molecule has 1 unspecified atom stereocenters. The highest BCUT2D eigenvalue weighted by Gasteiger charge is 2.14. The SMILES string of the molecule is Cc1cc(-n2cncn2)ccc1C(=O)NCC(CCO)CC(C)C. The molecule has 0 saturated carbocycles. The topological polar surface area (TPSA) is 80.0 Å². The molecule has 2 N–H and O–H groups in total. The second-order valence-electron chi connectivity index (χ2n) is 6.56. The number of rotatable bonds is 8. The van der Waals surface area contributed by atoms with E-state index in [9.17, 15) is 9.90 Å². The van der Waals surface area contributed by atoms with Gasteiger partial charge in [0.1, 0.15) is 12.7 Å². The smallest absolute Gasteiger partial charge is 0.251 e. The van der Waals surface area contributed by atoms with Crippen LogP contribution in [0, 0.1) is 18.8 Å². The Balaban J connectivity index is 2.01. The number of amides is 1. The fraction of sp³-hybridized carbons (Fsp3) is 0.500. The summed E-state index contributed by atoms with van der Waals surface area (Å²) in [6.45, 7) is 6.95. The van der Waals surface area contributed by atoms with Crippen LogP contribution in [-0.4, -0.2) is 38.9 Å². The Morgan fingerprint density at radius 1 is 1.38 bits per heavy atom. The number of benzene rings is 1. The van der Waals surface area contributed by atoms with Crippen molar-refractivity contribution in [2.24, 2.45) is 11.8 Å². The lowest BCUT2D eigenvalue weighted by Gasteiger charge is -2.19. The van der Waals surface area contributed by atoms with E-state index in [4.69, 9.17) is 0 Å². The first-order valence-corrected chi connectivity index (χ1v) is 8.36. The van der Waals surface area contributed by atoms with Crippen molar-refractivity contribution in [1.29, 1.82) is 0 Å². The number of aliphatic hydroxyl groups is 1. The molecule has 1 heterocycles. The zero-order valence-corrected chi connectivity index (χ0v) is 14.6. The van der Waals surface area contributed by atoms with Crippen molar-refractivity contribution >= 4 is 5.91 Å². The van der Waals surface area contributed by atoms with Gasteiger partial charge in [-0.25, -0.2) is 9.67 Å². The highest BCUT2D eigenvalue weighted by atomic mass is 16.3. The Kier molecular flexibility index (Phi) is 6.49. The van der Waals surface area contributed by atoms with Crippen LogP contribution in [0.3, 0.4) is 0 Å². The molecule has 0 saturated heterocycles. The number of aliphatic hydroxyl groups excluding tert-OH is 1. The van der Waals surface area contributed by atoms with Crippen LogP contribution < -0.4 is 5.32 Å². The molecule has 6 heteroatoms. The fourth-order valence-electron chi connectivity index (χ4n) is 2.87. The molecule has 0 bridgehead atoms. The predicted octanol–water partition coefficient (Wildman–Crippen LogP) is 2.35. The molecule has 2 rings (SSSR count). The van der Waals surface area contributed by atoms with Gasteiger partial charge in [0.05, 0.1) is 5.69 Å². The average molecular weight is 330 g/mol. The first-order valence-electron chi connectivity index (χ1n) is 8.36. The second-order valence-corrected chi connectivity index (χ2v) is 6.56. The highest BCUT2D eigenvalue weighted by molar-refractivity contribution is 5.95. The normalized spacial score (nSPS) is 12.4. The summed E-state index contributed by atoms with van der Waals surface area (Å²) in [7, 11) is 0. The number of hydrogen-bond acceptors (Lipinski definition) is 4. The van der Waals surface area contributed by atoms with E-state index in [-0.39, 0.29) is 12.5 Å². The zero-order chi connectivity index (χ0) is 17.5. The van der Waals surface area contributed by atoms with Gasteiger partial charge in [-0.1, -0.05) is 13.8 Å². The third-order valence-electron chi connectivity index (χ3n) is 4.03. The number of nitrogens with zero attached hydrogens (tertiary/aromatic N) is 3. The summed E-state index contributed by atoms with van der Waals surface area (Å²) in [4.78, 5) is 16.4. The van der Waals surface area contributed by atoms with Crippen LogP contribution in [0.15, 0.2) is 30.9 Å². The van der Waals surface area contributed by atoms with E-state index in [0.717, 1.165) is 17.7 Å². The van der Waals surface area contributed by atoms with Crippen molar-refractivity contribution in [2.45, 2.75) is 33.6 Å². The minimum Gasteiger partial charge on any atom is -0.396 e. The standard InChI is InChI=1S/C18H26N4O2/c1-13(2)8-15(6-7-23)10-20-18(24)17-5-4-16(9-14(17)3)22-12-19-11-21-22/h4-5,9,11-13,15,23H,6-8,10H2,1-3H3,(H,20,24). The van der Waals surface area contributed by atoms with E-state index < -0.39 is 0 Å². The monoisotopic (exact) mass is 330 g/mol. The summed E-state index contributed by atoms with van der Waals surface area (Å²) in [6.07, 6.45) is 4.81. The molecule has 1 atom stereocenters. The first-order chi connectivity index (χ1) is 11.5. The third kappa shape index (κ3) is 4.89. The lowest BCUT2D eigenvalue weighted by molar-refractivity contribution is 0.0940. The lowest BCUT2D eigenvalue weighted by atomic mass is 9.94. The van der Waals surface area contributed by atoms with Gasteiger partial charge in [0.25, 0.3) is 5.91 Å². The molecule has 0 fully saturated rings. The van der Waals surface area contributed by atoms with Gasteiger partial charge in [-0.05, 0) is 55.4 Å². The molecule has 1 aromatic heterocycles. The summed E-state index contributed by atoms with van der Waals surface area (Å²) in [5, 5.41) is 16.3. The van der Waals surface area contributed by atoms with Crippen molar-refractivity contribution in [2.75, 3.05) is 13.2 Å². The Morgan fingerprint density at radius 2 is 2.17 bits per heavy atom. The molecule has 6 nitrogen and oxygen atoms in total. The van der Waals surface area contributed by atoms with E-state index in [1.54, 1.807) is 11.0 Å². The predicted molar refractivity (Wildman–Crippen MR) is 93.1 cm³/mol. The summed E-state index contributed by atoms with van der Waals surface area (Å²) < 4.78 is 1.66. The number of carbonyl (C=O) groups is 1. The number of nitrogens with one attached hydrogen (secondary N) is 1. The highest BCUT2D eigenvalue weighted by Crippen LogP contribution is 2.16. The molecule has 130 valence electrons. The summed E-state index contributed by atoms with van der Waals surface area (Å²) in [6, 6.07) is 5.59. The molecule has 1 aromatic carbocycles. The zero-order valence-electron chi connectivity index (χ0n) is 14.6. The molecule has 0 radical (unpaired) electrons. The fourth-order valence-corrected chi connectivity index (χ4v) is 2.87. The maximum Gasteiger partial charge on any atom is 0.251 e. The average Bonchev–Trinajstić information content (AvgIpc) is 3.06. The van der Waals surface area contributed by atoms with E-state index in [1.165, 1.54) is 6.33 Å². The second kappa shape index (κ2) is 8.59. The van der Waals surface area contributed by atoms with Gasteiger partial charge < -0.3 is 10.4 Å². The molecule has 0 spiro atoms. The maximum absolute atomic E-state index is 12.4. The summed E-state index contributed by atoms with van der Waals surface area (Å²) in [5.74, 6) is 0.764. The Bertz CT molecular complexity index is 653. The molecular formula is C18H26N4O2. The van der Waals surface area contributed by atoms with Gasteiger partial charge in [-0.2, -0.15) is 5.10 Å². The van der Waals surface area contributed by atoms with Crippen LogP contribution in [0.5, 0.6) is 0 Å². The van der Waals surface area contributed by atoms with Gasteiger partial charge in [0.15, 0.2) is 0 Å². The van der Waals surface area contributed by atoms with Gasteiger partial charge in [0, 0.05) is 18.7 Å². The molecule has 0 aliphatic heterocycles. The molecule has 1 amide bonds. The number of aryl methyl sites for hydroxylation is 1. The van der Waals surface area contributed by atoms with Gasteiger partial charge in [0.2, 0.25) is 0 Å². The maximum atomic E-state index is 12.4. The van der Waals surface area contributed by atoms with Crippen molar-refractivity contribution in [3.63, 3.8) is 0 Å². The van der Waals surface area contributed by atoms with E-state index >= 15 is 0 Å². The largest absolute Gasteiger partial charge is 0.396 e. The van der Waals surface area contributed by atoms with E-state index in [0.29, 0.717) is 30.4 Å². The van der Waals surface area contributed by atoms with Gasteiger partial charge >= 0.3 is 0 Å². The minimum atomic E-state index is -0.0793. The molecule has 0 aliphatic carbocycles. The van der Waals surface area contributed by atoms with Crippen LogP contribution in [0.4, 0.5) is 0 Å². The molecular weight excluding hydrogens is 304 g/mol. The van der Waals surface area contributed by atoms with Crippen molar-refractivity contribution in [3.05, 3.63) is 42.0 Å². The van der Waals surface area contributed by atoms with Crippen LogP contribution in [-0.2, 0) is 0 Å². The van der Waals surface area contributed by atoms with Crippen LogP contribution in [0.25, 0.3) is 5.69 Å². The first kappa shape index (κ1) is 18.1. The Hall–Kier alpha value is -2.21. The van der Waals surface area contributed by atoms with Crippen LogP contribution >= 0.6 is 0 Å². The van der Waals surface area contributed by atoms with Crippen molar-refractivity contribution in [1.82, 2.24) is 20.1 Å². The van der Waals surface area contributed by atoms with E-state index in [2.05, 4.69) is 29.2 Å². The summed E-state index contributed by atoms with van der Waals surface area (Å²) in [5.41, 5.74) is 2.42. The van der Waals surface area contributed by atoms with Gasteiger partial charge in [-0.3, -0.25) is 4.79 Å². The van der Waals surface area contributed by atoms with Crippen molar-refractivity contribution in [3.8, 4) is 5.69 Å². The van der Waals surface area contributed by atoms with Crippen molar-refractivity contribution < 1.29 is 9.90 Å². The van der Waals surface area contributed by atoms with E-state index in [1.807, 2.05) is 25.1 Å². The molecule has 24 heavy (non-hydrogen) atoms. The summed E-state index contributed by atoms with van der Waals surface area (Å²) >= 11 is 0. The van der Waals surface area contributed by atoms with Gasteiger partial charge in [-0.15, -0.1) is 0 Å². The van der Waals surface area contributed by atoms with Crippen LogP contribution in [0.1, 0.15) is 42.6 Å². The quantitative estimate of drug-likeness (QED) is 0.778. The Labute approximate surface area is 142 Å². The third-order valence-corrected chi connectivity index (χ3v) is 4.03. The number of hydrogen-bond donors (Lipinski definition) is 2. The number of aromatic nitrogens is 3. The van der Waals surface area contributed by atoms with Crippen LogP contribution in [0.2, 0.25) is 0 Å². The minimum absolute atomic E-state index is 0.0793. The molecule has 0 aliphatic rings. The lowest BCUT2D eigenvalue weighted by Crippen LogP contribution is -2.31.